The first-order valence-electron chi connectivity index (χ1n) is 9.44. The number of piperidine rings is 1. The monoisotopic (exact) mass is 405 g/mol. The van der Waals surface area contributed by atoms with E-state index in [1.807, 2.05) is 19.1 Å². The number of nitro groups is 1. The molecular formula is C19H24ClN5O3. The second kappa shape index (κ2) is 7.25. The standard InChI is InChI=1S/C19H24ClN5O3/c1-19(13-24-11-17(25(26)27)21-18(24)28-19)12-22(2)15-7-9-23(10-8-15)16-5-3-14(20)4-6-16/h3-6,11,15H,7-10,12-13H2,1-2H3/t19-/m0/s1. The molecule has 0 bridgehead atoms. The molecule has 3 heterocycles. The van der Waals surface area contributed by atoms with Crippen LogP contribution in [0.25, 0.3) is 0 Å². The molecule has 1 aromatic heterocycles. The highest BCUT2D eigenvalue weighted by atomic mass is 35.5. The van der Waals surface area contributed by atoms with Crippen molar-refractivity contribution in [2.75, 3.05) is 31.6 Å². The van der Waals surface area contributed by atoms with Crippen molar-refractivity contribution in [2.24, 2.45) is 0 Å². The average molecular weight is 406 g/mol. The highest BCUT2D eigenvalue weighted by Crippen LogP contribution is 2.32. The Bertz CT molecular complexity index is 837. The van der Waals surface area contributed by atoms with E-state index in [1.54, 1.807) is 4.57 Å². The maximum Gasteiger partial charge on any atom is 0.415 e. The fourth-order valence-electron chi connectivity index (χ4n) is 4.24. The van der Waals surface area contributed by atoms with Crippen LogP contribution in [0.4, 0.5) is 11.5 Å². The van der Waals surface area contributed by atoms with Gasteiger partial charge in [0.1, 0.15) is 11.8 Å². The molecule has 2 aromatic rings. The van der Waals surface area contributed by atoms with Gasteiger partial charge in [-0.1, -0.05) is 11.6 Å². The number of aromatic nitrogens is 2. The zero-order valence-corrected chi connectivity index (χ0v) is 16.8. The van der Waals surface area contributed by atoms with Crippen molar-refractivity contribution in [3.63, 3.8) is 0 Å². The van der Waals surface area contributed by atoms with E-state index in [4.69, 9.17) is 16.3 Å². The first kappa shape index (κ1) is 19.0. The SMILES string of the molecule is CN(C[C@@]1(C)Cn2cc([N+](=O)[O-])nc2O1)C1CCN(c2ccc(Cl)cc2)CC1. The third kappa shape index (κ3) is 3.79. The Balaban J connectivity index is 1.32. The molecule has 1 atom stereocenters. The maximum atomic E-state index is 10.9. The molecule has 0 unspecified atom stereocenters. The summed E-state index contributed by atoms with van der Waals surface area (Å²) in [5.74, 6) is -0.167. The van der Waals surface area contributed by atoms with Gasteiger partial charge in [-0.3, -0.25) is 9.47 Å². The molecule has 1 fully saturated rings. The summed E-state index contributed by atoms with van der Waals surface area (Å²) in [7, 11) is 2.13. The zero-order valence-electron chi connectivity index (χ0n) is 16.0. The summed E-state index contributed by atoms with van der Waals surface area (Å²) in [5.41, 5.74) is 0.781. The van der Waals surface area contributed by atoms with Crippen LogP contribution in [0, 0.1) is 10.1 Å². The van der Waals surface area contributed by atoms with Crippen LogP contribution < -0.4 is 9.64 Å². The van der Waals surface area contributed by atoms with Crippen LogP contribution in [-0.2, 0) is 6.54 Å². The van der Waals surface area contributed by atoms with Gasteiger partial charge in [-0.2, -0.15) is 0 Å². The molecule has 9 heteroatoms. The number of benzene rings is 1. The largest absolute Gasteiger partial charge is 0.436 e. The van der Waals surface area contributed by atoms with E-state index in [0.29, 0.717) is 18.6 Å². The fraction of sp³-hybridized carbons (Fsp3) is 0.526. The predicted octanol–water partition coefficient (Wildman–Crippen LogP) is 3.20. The van der Waals surface area contributed by atoms with Crippen LogP contribution in [-0.4, -0.2) is 57.7 Å². The Kier molecular flexibility index (Phi) is 4.93. The van der Waals surface area contributed by atoms with Crippen molar-refractivity contribution in [3.8, 4) is 6.01 Å². The Hall–Kier alpha value is -2.32. The first-order valence-corrected chi connectivity index (χ1v) is 9.82. The minimum Gasteiger partial charge on any atom is -0.436 e. The lowest BCUT2D eigenvalue weighted by Crippen LogP contribution is -2.50. The molecule has 0 spiro atoms. The summed E-state index contributed by atoms with van der Waals surface area (Å²) in [6, 6.07) is 8.81. The summed E-state index contributed by atoms with van der Waals surface area (Å²) in [6.45, 7) is 5.35. The normalized spacial score (nSPS) is 22.4. The molecule has 1 saturated heterocycles. The van der Waals surface area contributed by atoms with Crippen LogP contribution in [0.15, 0.2) is 30.5 Å². The van der Waals surface area contributed by atoms with Gasteiger partial charge in [0.05, 0.1) is 6.54 Å². The Morgan fingerprint density at radius 2 is 2.04 bits per heavy atom. The van der Waals surface area contributed by atoms with Crippen molar-refractivity contribution in [3.05, 3.63) is 45.6 Å². The molecule has 1 aromatic carbocycles. The van der Waals surface area contributed by atoms with Crippen molar-refractivity contribution < 1.29 is 9.66 Å². The van der Waals surface area contributed by atoms with E-state index in [2.05, 4.69) is 34.0 Å². The summed E-state index contributed by atoms with van der Waals surface area (Å²) >= 11 is 5.98. The Labute approximate surface area is 168 Å². The Morgan fingerprint density at radius 3 is 2.64 bits per heavy atom. The second-order valence-corrected chi connectivity index (χ2v) is 8.36. The number of halogens is 1. The second-order valence-electron chi connectivity index (χ2n) is 7.93. The van der Waals surface area contributed by atoms with Crippen molar-refractivity contribution >= 4 is 23.1 Å². The Morgan fingerprint density at radius 1 is 1.36 bits per heavy atom. The lowest BCUT2D eigenvalue weighted by Gasteiger charge is -2.40. The molecule has 0 saturated carbocycles. The van der Waals surface area contributed by atoms with Crippen molar-refractivity contribution in [1.82, 2.24) is 14.5 Å². The van der Waals surface area contributed by atoms with Gasteiger partial charge >= 0.3 is 11.8 Å². The van der Waals surface area contributed by atoms with Gasteiger partial charge in [0.25, 0.3) is 0 Å². The molecule has 150 valence electrons. The fourth-order valence-corrected chi connectivity index (χ4v) is 4.36. The number of hydrogen-bond donors (Lipinski definition) is 0. The van der Waals surface area contributed by atoms with Crippen LogP contribution in [0.3, 0.4) is 0 Å². The number of imidazole rings is 1. The summed E-state index contributed by atoms with van der Waals surface area (Å²) in [6.07, 6.45) is 3.60. The van der Waals surface area contributed by atoms with Gasteiger partial charge in [-0.25, -0.2) is 0 Å². The first-order chi connectivity index (χ1) is 13.3. The zero-order chi connectivity index (χ0) is 19.9. The number of anilines is 1. The number of hydrogen-bond acceptors (Lipinski definition) is 6. The number of likely N-dealkylation sites (N-methyl/N-ethyl adjacent to an activating group) is 1. The molecule has 28 heavy (non-hydrogen) atoms. The third-order valence-electron chi connectivity index (χ3n) is 5.62. The molecule has 0 amide bonds. The molecule has 2 aliphatic heterocycles. The maximum absolute atomic E-state index is 10.9. The van der Waals surface area contributed by atoms with E-state index >= 15 is 0 Å². The van der Waals surface area contributed by atoms with E-state index in [-0.39, 0.29) is 5.82 Å². The third-order valence-corrected chi connectivity index (χ3v) is 5.87. The topological polar surface area (TPSA) is 76.7 Å². The molecule has 0 aliphatic carbocycles. The lowest BCUT2D eigenvalue weighted by atomic mass is 10.00. The summed E-state index contributed by atoms with van der Waals surface area (Å²) in [4.78, 5) is 19.1. The number of rotatable bonds is 5. The lowest BCUT2D eigenvalue weighted by molar-refractivity contribution is -0.389. The smallest absolute Gasteiger partial charge is 0.415 e. The minimum atomic E-state index is -0.493. The molecule has 0 radical (unpaired) electrons. The number of ether oxygens (including phenoxy) is 1. The van der Waals surface area contributed by atoms with Crippen LogP contribution in [0.5, 0.6) is 6.01 Å². The minimum absolute atomic E-state index is 0.167. The van der Waals surface area contributed by atoms with Gasteiger partial charge in [0.2, 0.25) is 0 Å². The van der Waals surface area contributed by atoms with Crippen LogP contribution in [0.2, 0.25) is 5.02 Å². The molecule has 4 rings (SSSR count). The van der Waals surface area contributed by atoms with Crippen LogP contribution in [0.1, 0.15) is 19.8 Å². The molecule has 2 aliphatic rings. The van der Waals surface area contributed by atoms with Gasteiger partial charge < -0.3 is 19.8 Å². The number of fused-ring (bicyclic) bond motifs is 1. The van der Waals surface area contributed by atoms with E-state index < -0.39 is 10.5 Å². The molecule has 8 nitrogen and oxygen atoms in total. The van der Waals surface area contributed by atoms with Gasteiger partial charge in [0, 0.05) is 41.4 Å². The van der Waals surface area contributed by atoms with Gasteiger partial charge in [0.15, 0.2) is 0 Å². The van der Waals surface area contributed by atoms with E-state index in [9.17, 15) is 10.1 Å². The predicted molar refractivity (Wildman–Crippen MR) is 107 cm³/mol. The quantitative estimate of drug-likeness (QED) is 0.561. The highest BCUT2D eigenvalue weighted by Gasteiger charge is 2.42. The van der Waals surface area contributed by atoms with Gasteiger partial charge in [-0.05, 0) is 56.0 Å². The summed E-state index contributed by atoms with van der Waals surface area (Å²) in [5, 5.41) is 11.6. The van der Waals surface area contributed by atoms with Crippen molar-refractivity contribution in [1.29, 1.82) is 0 Å². The van der Waals surface area contributed by atoms with Gasteiger partial charge in [-0.15, -0.1) is 0 Å². The highest BCUT2D eigenvalue weighted by molar-refractivity contribution is 6.30. The number of nitrogens with zero attached hydrogens (tertiary/aromatic N) is 5. The van der Waals surface area contributed by atoms with Crippen molar-refractivity contribution in [2.45, 2.75) is 38.0 Å². The summed E-state index contributed by atoms with van der Waals surface area (Å²) < 4.78 is 7.70. The van der Waals surface area contributed by atoms with E-state index in [0.717, 1.165) is 37.5 Å². The molecular weight excluding hydrogens is 382 g/mol. The molecule has 0 N–H and O–H groups in total. The average Bonchev–Trinajstić information content (AvgIpc) is 3.17. The van der Waals surface area contributed by atoms with E-state index in [1.165, 1.54) is 11.9 Å². The van der Waals surface area contributed by atoms with Crippen LogP contribution >= 0.6 is 11.6 Å².